The summed E-state index contributed by atoms with van der Waals surface area (Å²) in [4.78, 5) is 2.53. The Hall–Kier alpha value is -1.10. The number of likely N-dealkylation sites (N-methyl/N-ethyl adjacent to an activating group) is 1. The first-order valence-electron chi connectivity index (χ1n) is 7.90. The second-order valence-corrected chi connectivity index (χ2v) is 6.22. The molecule has 2 aliphatic heterocycles. The highest BCUT2D eigenvalue weighted by Crippen LogP contribution is 2.35. The van der Waals surface area contributed by atoms with Gasteiger partial charge in [0.2, 0.25) is 0 Å². The molecule has 4 unspecified atom stereocenters. The minimum Gasteiger partial charge on any atom is -0.492 e. The van der Waals surface area contributed by atoms with Crippen LogP contribution in [0.5, 0.6) is 5.75 Å². The van der Waals surface area contributed by atoms with Crippen LogP contribution in [0.4, 0.5) is 0 Å². The molecule has 116 valence electrons. The first-order valence-corrected chi connectivity index (χ1v) is 7.90. The van der Waals surface area contributed by atoms with Crippen LogP contribution in [0.3, 0.4) is 0 Å². The molecule has 0 amide bonds. The van der Waals surface area contributed by atoms with Crippen LogP contribution in [0.2, 0.25) is 0 Å². The fraction of sp³-hybridized carbons (Fsp3) is 0.647. The van der Waals surface area contributed by atoms with Gasteiger partial charge >= 0.3 is 0 Å². The quantitative estimate of drug-likeness (QED) is 0.924. The van der Waals surface area contributed by atoms with Crippen molar-refractivity contribution in [2.24, 2.45) is 5.92 Å². The highest BCUT2D eigenvalue weighted by Gasteiger charge is 2.37. The van der Waals surface area contributed by atoms with Gasteiger partial charge in [0.15, 0.2) is 0 Å². The van der Waals surface area contributed by atoms with Gasteiger partial charge in [0, 0.05) is 19.2 Å². The third-order valence-electron chi connectivity index (χ3n) is 5.05. The van der Waals surface area contributed by atoms with E-state index < -0.39 is 0 Å². The number of rotatable bonds is 3. The van der Waals surface area contributed by atoms with Crippen LogP contribution in [-0.4, -0.2) is 50.9 Å². The Morgan fingerprint density at radius 1 is 1.33 bits per heavy atom. The molecule has 4 atom stereocenters. The van der Waals surface area contributed by atoms with Crippen molar-refractivity contribution in [2.45, 2.75) is 31.5 Å². The Kier molecular flexibility index (Phi) is 4.48. The molecule has 0 saturated carbocycles. The van der Waals surface area contributed by atoms with Gasteiger partial charge in [-0.1, -0.05) is 25.1 Å². The van der Waals surface area contributed by atoms with Crippen LogP contribution in [-0.2, 0) is 4.74 Å². The molecule has 4 nitrogen and oxygen atoms in total. The van der Waals surface area contributed by atoms with Crippen molar-refractivity contribution in [3.63, 3.8) is 0 Å². The number of nitrogens with zero attached hydrogens (tertiary/aromatic N) is 1. The molecule has 0 spiro atoms. The minimum atomic E-state index is 0.320. The molecule has 2 aliphatic rings. The number of nitrogens with one attached hydrogen (secondary N) is 1. The zero-order valence-electron chi connectivity index (χ0n) is 13.2. The molecule has 1 saturated heterocycles. The first-order chi connectivity index (χ1) is 10.2. The molecule has 1 aromatic rings. The number of benzene rings is 1. The maximum atomic E-state index is 5.99. The predicted octanol–water partition coefficient (Wildman–Crippen LogP) is 2.06. The largest absolute Gasteiger partial charge is 0.492 e. The molecule has 0 aliphatic carbocycles. The van der Waals surface area contributed by atoms with Crippen molar-refractivity contribution in [2.75, 3.05) is 33.9 Å². The third-order valence-corrected chi connectivity index (χ3v) is 5.05. The topological polar surface area (TPSA) is 33.7 Å². The number of methoxy groups -OCH3 is 1. The van der Waals surface area contributed by atoms with E-state index in [0.29, 0.717) is 24.1 Å². The molecule has 0 radical (unpaired) electrons. The number of likely N-dealkylation sites (tertiary alicyclic amines) is 1. The standard InChI is InChI=1S/C17H26N2O2/c1-12-8-9-19(10-16(12)20-3)14-11-21-15-7-5-4-6-13(15)17(14)18-2/h4-7,12,14,16-18H,8-11H2,1-3H3. The third kappa shape index (κ3) is 2.80. The smallest absolute Gasteiger partial charge is 0.124 e. The van der Waals surface area contributed by atoms with E-state index in [1.807, 2.05) is 20.2 Å². The number of ether oxygens (including phenoxy) is 2. The zero-order chi connectivity index (χ0) is 14.8. The van der Waals surface area contributed by atoms with Gasteiger partial charge in [0.25, 0.3) is 0 Å². The van der Waals surface area contributed by atoms with Gasteiger partial charge in [-0.05, 0) is 32.0 Å². The highest BCUT2D eigenvalue weighted by atomic mass is 16.5. The van der Waals surface area contributed by atoms with Gasteiger partial charge < -0.3 is 14.8 Å². The molecule has 1 N–H and O–H groups in total. The first kappa shape index (κ1) is 14.8. The summed E-state index contributed by atoms with van der Waals surface area (Å²) in [6.45, 7) is 5.14. The lowest BCUT2D eigenvalue weighted by molar-refractivity contribution is -0.0350. The van der Waals surface area contributed by atoms with Crippen molar-refractivity contribution in [1.82, 2.24) is 10.2 Å². The minimum absolute atomic E-state index is 0.320. The molecule has 1 fully saturated rings. The fourth-order valence-corrected chi connectivity index (χ4v) is 3.68. The lowest BCUT2D eigenvalue weighted by Crippen LogP contribution is -2.55. The zero-order valence-corrected chi connectivity index (χ0v) is 13.2. The van der Waals surface area contributed by atoms with Crippen molar-refractivity contribution < 1.29 is 9.47 Å². The number of para-hydroxylation sites is 1. The number of piperidine rings is 1. The van der Waals surface area contributed by atoms with Gasteiger partial charge in [-0.3, -0.25) is 4.90 Å². The van der Waals surface area contributed by atoms with Crippen LogP contribution in [0.1, 0.15) is 24.9 Å². The van der Waals surface area contributed by atoms with E-state index in [1.54, 1.807) is 0 Å². The Bertz CT molecular complexity index is 480. The summed E-state index contributed by atoms with van der Waals surface area (Å²) in [6, 6.07) is 9.05. The SMILES string of the molecule is CNC1c2ccccc2OCC1N1CCC(C)C(OC)C1. The molecular formula is C17H26N2O2. The van der Waals surface area contributed by atoms with E-state index in [1.165, 1.54) is 12.0 Å². The number of hydrogen-bond acceptors (Lipinski definition) is 4. The summed E-state index contributed by atoms with van der Waals surface area (Å²) < 4.78 is 11.7. The van der Waals surface area contributed by atoms with Crippen LogP contribution < -0.4 is 10.1 Å². The van der Waals surface area contributed by atoms with Crippen molar-refractivity contribution in [1.29, 1.82) is 0 Å². The summed E-state index contributed by atoms with van der Waals surface area (Å²) >= 11 is 0. The molecule has 21 heavy (non-hydrogen) atoms. The predicted molar refractivity (Wildman–Crippen MR) is 83.7 cm³/mol. The highest BCUT2D eigenvalue weighted by molar-refractivity contribution is 5.38. The van der Waals surface area contributed by atoms with E-state index in [2.05, 4.69) is 35.3 Å². The van der Waals surface area contributed by atoms with Crippen LogP contribution in [0, 0.1) is 5.92 Å². The van der Waals surface area contributed by atoms with Gasteiger partial charge in [-0.2, -0.15) is 0 Å². The average molecular weight is 290 g/mol. The summed E-state index contributed by atoms with van der Waals surface area (Å²) in [5.74, 6) is 1.65. The molecular weight excluding hydrogens is 264 g/mol. The van der Waals surface area contributed by atoms with Gasteiger partial charge in [0.05, 0.1) is 18.2 Å². The second-order valence-electron chi connectivity index (χ2n) is 6.22. The molecule has 0 aromatic heterocycles. The van der Waals surface area contributed by atoms with E-state index in [0.717, 1.165) is 25.4 Å². The monoisotopic (exact) mass is 290 g/mol. The molecule has 4 heteroatoms. The summed E-state index contributed by atoms with van der Waals surface area (Å²) in [6.07, 6.45) is 1.51. The maximum absolute atomic E-state index is 5.99. The average Bonchev–Trinajstić information content (AvgIpc) is 2.54. The lowest BCUT2D eigenvalue weighted by atomic mass is 9.90. The van der Waals surface area contributed by atoms with E-state index in [4.69, 9.17) is 9.47 Å². The van der Waals surface area contributed by atoms with Crippen molar-refractivity contribution in [3.05, 3.63) is 29.8 Å². The van der Waals surface area contributed by atoms with Crippen molar-refractivity contribution in [3.8, 4) is 5.75 Å². The maximum Gasteiger partial charge on any atom is 0.124 e. The summed E-state index contributed by atoms with van der Waals surface area (Å²) in [5, 5.41) is 3.49. The number of fused-ring (bicyclic) bond motifs is 1. The summed E-state index contributed by atoms with van der Waals surface area (Å²) in [5.41, 5.74) is 1.27. The van der Waals surface area contributed by atoms with E-state index in [9.17, 15) is 0 Å². The van der Waals surface area contributed by atoms with Crippen molar-refractivity contribution >= 4 is 0 Å². The Labute approximate surface area is 127 Å². The normalized spacial score (nSPS) is 33.3. The Morgan fingerprint density at radius 3 is 2.90 bits per heavy atom. The Morgan fingerprint density at radius 2 is 2.14 bits per heavy atom. The lowest BCUT2D eigenvalue weighted by Gasteiger charge is -2.45. The second kappa shape index (κ2) is 6.34. The molecule has 2 heterocycles. The molecule has 3 rings (SSSR count). The summed E-state index contributed by atoms with van der Waals surface area (Å²) in [7, 11) is 3.87. The van der Waals surface area contributed by atoms with Crippen LogP contribution in [0.15, 0.2) is 24.3 Å². The van der Waals surface area contributed by atoms with Gasteiger partial charge in [0.1, 0.15) is 12.4 Å². The van der Waals surface area contributed by atoms with Crippen LogP contribution in [0.25, 0.3) is 0 Å². The Balaban J connectivity index is 1.80. The number of hydrogen-bond donors (Lipinski definition) is 1. The fourth-order valence-electron chi connectivity index (χ4n) is 3.68. The molecule has 1 aromatic carbocycles. The van der Waals surface area contributed by atoms with Gasteiger partial charge in [-0.25, -0.2) is 0 Å². The van der Waals surface area contributed by atoms with Crippen LogP contribution >= 0.6 is 0 Å². The molecule has 0 bridgehead atoms. The van der Waals surface area contributed by atoms with E-state index >= 15 is 0 Å². The van der Waals surface area contributed by atoms with Gasteiger partial charge in [-0.15, -0.1) is 0 Å². The van der Waals surface area contributed by atoms with E-state index in [-0.39, 0.29) is 0 Å².